The number of ether oxygens (including phenoxy) is 3. The van der Waals surface area contributed by atoms with Crippen LogP contribution in [-0.2, 0) is 14.3 Å². The largest absolute Gasteiger partial charge is 0.491 e. The number of nitrogens with zero attached hydrogens (tertiary/aromatic N) is 4. The van der Waals surface area contributed by atoms with Gasteiger partial charge in [0.25, 0.3) is 5.56 Å². The summed E-state index contributed by atoms with van der Waals surface area (Å²) in [4.78, 5) is 45.2. The lowest BCUT2D eigenvalue weighted by molar-refractivity contribution is -0.143. The standard InChI is InChI=1S/C38H36N4O6S/c1-22(2)47-30-18-16-25(17-19-30)33-28(21-41(40-33)29-10-8-7-9-11-29)20-31-35(43)42-34(26-12-14-27(15-13-26)36(44)46-6)32(37(45)48-23(3)4)24(5)39-38(42)49-31/h7-23,34H,1-6H3/b31-20-/t34-/m0/s1. The van der Waals surface area contributed by atoms with Gasteiger partial charge in [0.05, 0.1) is 52.4 Å². The van der Waals surface area contributed by atoms with E-state index in [9.17, 15) is 14.4 Å². The zero-order valence-corrected chi connectivity index (χ0v) is 28.9. The minimum absolute atomic E-state index is 0.0377. The van der Waals surface area contributed by atoms with E-state index in [1.54, 1.807) is 49.7 Å². The zero-order chi connectivity index (χ0) is 34.8. The van der Waals surface area contributed by atoms with Gasteiger partial charge in [-0.05, 0) is 94.8 Å². The lowest BCUT2D eigenvalue weighted by atomic mass is 9.95. The molecule has 0 spiro atoms. The van der Waals surface area contributed by atoms with Crippen molar-refractivity contribution in [2.24, 2.45) is 4.99 Å². The number of hydrogen-bond acceptors (Lipinski definition) is 9. The van der Waals surface area contributed by atoms with Crippen molar-refractivity contribution in [1.82, 2.24) is 14.3 Å². The van der Waals surface area contributed by atoms with Crippen molar-refractivity contribution in [3.05, 3.63) is 133 Å². The number of rotatable bonds is 9. The average Bonchev–Trinajstić information content (AvgIpc) is 3.64. The Morgan fingerprint density at radius 2 is 1.59 bits per heavy atom. The van der Waals surface area contributed by atoms with Crippen LogP contribution < -0.4 is 19.6 Å². The number of para-hydroxylation sites is 1. The Morgan fingerprint density at radius 3 is 2.22 bits per heavy atom. The van der Waals surface area contributed by atoms with Gasteiger partial charge in [-0.15, -0.1) is 0 Å². The number of fused-ring (bicyclic) bond motifs is 1. The molecule has 0 amide bonds. The number of carbonyl (C=O) groups excluding carboxylic acids is 2. The Bertz CT molecular complexity index is 2230. The fourth-order valence-corrected chi connectivity index (χ4v) is 6.67. The molecule has 0 saturated heterocycles. The quantitative estimate of drug-likeness (QED) is 0.187. The van der Waals surface area contributed by atoms with Crippen molar-refractivity contribution in [2.75, 3.05) is 7.11 Å². The number of allylic oxidation sites excluding steroid dienone is 1. The molecule has 11 heteroatoms. The first-order valence-corrected chi connectivity index (χ1v) is 16.7. The maximum atomic E-state index is 14.4. The molecule has 0 radical (unpaired) electrons. The van der Waals surface area contributed by atoms with E-state index in [1.807, 2.05) is 80.7 Å². The van der Waals surface area contributed by atoms with Gasteiger partial charge >= 0.3 is 11.9 Å². The molecule has 0 bridgehead atoms. The van der Waals surface area contributed by atoms with Gasteiger partial charge in [0.2, 0.25) is 0 Å². The van der Waals surface area contributed by atoms with E-state index in [1.165, 1.54) is 23.0 Å². The van der Waals surface area contributed by atoms with Crippen LogP contribution >= 0.6 is 11.3 Å². The van der Waals surface area contributed by atoms with Crippen LogP contribution in [0.4, 0.5) is 0 Å². The predicted octanol–water partition coefficient (Wildman–Crippen LogP) is 5.61. The summed E-state index contributed by atoms with van der Waals surface area (Å²) < 4.78 is 20.0. The third kappa shape index (κ3) is 6.88. The van der Waals surface area contributed by atoms with E-state index in [-0.39, 0.29) is 23.3 Å². The molecule has 0 fully saturated rings. The van der Waals surface area contributed by atoms with Crippen LogP contribution in [0.5, 0.6) is 5.75 Å². The van der Waals surface area contributed by atoms with Gasteiger partial charge in [-0.3, -0.25) is 9.36 Å². The fraction of sp³-hybridized carbons (Fsp3) is 0.237. The highest BCUT2D eigenvalue weighted by molar-refractivity contribution is 7.07. The minimum atomic E-state index is -0.837. The third-order valence-electron chi connectivity index (χ3n) is 7.78. The molecule has 0 aliphatic carbocycles. The van der Waals surface area contributed by atoms with Gasteiger partial charge in [-0.1, -0.05) is 41.7 Å². The molecule has 10 nitrogen and oxygen atoms in total. The van der Waals surface area contributed by atoms with Gasteiger partial charge < -0.3 is 14.2 Å². The van der Waals surface area contributed by atoms with Gasteiger partial charge in [-0.25, -0.2) is 19.3 Å². The molecular weight excluding hydrogens is 641 g/mol. The maximum absolute atomic E-state index is 14.4. The topological polar surface area (TPSA) is 114 Å². The second-order valence-corrected chi connectivity index (χ2v) is 13.1. The summed E-state index contributed by atoms with van der Waals surface area (Å²) >= 11 is 1.23. The summed E-state index contributed by atoms with van der Waals surface area (Å²) in [5.41, 5.74) is 4.45. The Hall–Kier alpha value is -5.55. The Balaban J connectivity index is 1.52. The monoisotopic (exact) mass is 676 g/mol. The molecule has 0 saturated carbocycles. The molecule has 2 aromatic heterocycles. The molecule has 49 heavy (non-hydrogen) atoms. The molecule has 1 aliphatic heterocycles. The first-order chi connectivity index (χ1) is 23.5. The van der Waals surface area contributed by atoms with Gasteiger partial charge in [0, 0.05) is 17.3 Å². The van der Waals surface area contributed by atoms with E-state index in [0.29, 0.717) is 31.9 Å². The summed E-state index contributed by atoms with van der Waals surface area (Å²) in [6, 6.07) is 23.2. The smallest absolute Gasteiger partial charge is 0.338 e. The van der Waals surface area contributed by atoms with Crippen LogP contribution in [0.15, 0.2) is 106 Å². The number of hydrogen-bond donors (Lipinski definition) is 0. The third-order valence-corrected chi connectivity index (χ3v) is 8.76. The summed E-state index contributed by atoms with van der Waals surface area (Å²) in [6.07, 6.45) is 3.36. The molecule has 6 rings (SSSR count). The van der Waals surface area contributed by atoms with Crippen LogP contribution in [0.3, 0.4) is 0 Å². The zero-order valence-electron chi connectivity index (χ0n) is 28.0. The molecule has 0 unspecified atom stereocenters. The average molecular weight is 677 g/mol. The molecule has 1 aliphatic rings. The van der Waals surface area contributed by atoms with Crippen LogP contribution in [0, 0.1) is 0 Å². The van der Waals surface area contributed by atoms with Crippen molar-refractivity contribution in [1.29, 1.82) is 0 Å². The summed E-state index contributed by atoms with van der Waals surface area (Å²) in [5, 5.41) is 4.93. The summed E-state index contributed by atoms with van der Waals surface area (Å²) in [5.74, 6) is -0.308. The Kier molecular flexibility index (Phi) is 9.46. The number of esters is 2. The van der Waals surface area contributed by atoms with E-state index in [2.05, 4.69) is 0 Å². The minimum Gasteiger partial charge on any atom is -0.491 e. The molecule has 3 heterocycles. The first-order valence-electron chi connectivity index (χ1n) is 15.9. The van der Waals surface area contributed by atoms with Crippen molar-refractivity contribution in [2.45, 2.75) is 52.9 Å². The molecule has 0 N–H and O–H groups in total. The highest BCUT2D eigenvalue weighted by Crippen LogP contribution is 2.32. The van der Waals surface area contributed by atoms with Crippen LogP contribution in [0.1, 0.15) is 62.1 Å². The highest BCUT2D eigenvalue weighted by atomic mass is 32.1. The molecule has 250 valence electrons. The lowest BCUT2D eigenvalue weighted by Crippen LogP contribution is -2.40. The van der Waals surface area contributed by atoms with Crippen LogP contribution in [0.25, 0.3) is 23.0 Å². The lowest BCUT2D eigenvalue weighted by Gasteiger charge is -2.25. The van der Waals surface area contributed by atoms with Crippen LogP contribution in [-0.4, -0.2) is 45.6 Å². The molecule has 1 atom stereocenters. The maximum Gasteiger partial charge on any atom is 0.338 e. The molecule has 5 aromatic rings. The SMILES string of the molecule is COC(=O)c1ccc([C@H]2C(C(=O)OC(C)C)=C(C)N=c3s/c(=C\c4cn(-c5ccccc5)nc4-c4ccc(OC(C)C)cc4)c(=O)n32)cc1. The van der Waals surface area contributed by atoms with Crippen molar-refractivity contribution in [3.63, 3.8) is 0 Å². The number of carbonyl (C=O) groups is 2. The fourth-order valence-electron chi connectivity index (χ4n) is 5.63. The Morgan fingerprint density at radius 1 is 0.898 bits per heavy atom. The first kappa shape index (κ1) is 33.4. The second kappa shape index (κ2) is 13.9. The van der Waals surface area contributed by atoms with E-state index < -0.39 is 18.0 Å². The summed E-state index contributed by atoms with van der Waals surface area (Å²) in [7, 11) is 1.31. The molecule has 3 aromatic carbocycles. The Labute approximate surface area is 287 Å². The molecular formula is C38H36N4O6S. The van der Waals surface area contributed by atoms with Gasteiger partial charge in [0.15, 0.2) is 4.80 Å². The normalized spacial score (nSPS) is 14.5. The van der Waals surface area contributed by atoms with Crippen LogP contribution in [0.2, 0.25) is 0 Å². The highest BCUT2D eigenvalue weighted by Gasteiger charge is 2.34. The van der Waals surface area contributed by atoms with E-state index in [4.69, 9.17) is 24.3 Å². The van der Waals surface area contributed by atoms with Gasteiger partial charge in [-0.2, -0.15) is 5.10 Å². The van der Waals surface area contributed by atoms with E-state index in [0.717, 1.165) is 22.6 Å². The van der Waals surface area contributed by atoms with E-state index >= 15 is 0 Å². The predicted molar refractivity (Wildman–Crippen MR) is 188 cm³/mol. The second-order valence-electron chi connectivity index (χ2n) is 12.1. The number of methoxy groups -OCH3 is 1. The van der Waals surface area contributed by atoms with Crippen molar-refractivity contribution >= 4 is 29.4 Å². The van der Waals surface area contributed by atoms with Crippen molar-refractivity contribution in [3.8, 4) is 22.7 Å². The number of benzene rings is 3. The summed E-state index contributed by atoms with van der Waals surface area (Å²) in [6.45, 7) is 9.22. The van der Waals surface area contributed by atoms with Gasteiger partial charge in [0.1, 0.15) is 11.4 Å². The number of aromatic nitrogens is 3. The van der Waals surface area contributed by atoms with Crippen molar-refractivity contribution < 1.29 is 23.8 Å². The number of thiazole rings is 1.